The van der Waals surface area contributed by atoms with Crippen molar-refractivity contribution in [2.45, 2.75) is 31.8 Å². The molecule has 1 amide bonds. The molecule has 144 valence electrons. The third kappa shape index (κ3) is 4.51. The fourth-order valence-corrected chi connectivity index (χ4v) is 4.28. The molecule has 2 heterocycles. The minimum Gasteiger partial charge on any atom is -0.350 e. The average Bonchev–Trinajstić information content (AvgIpc) is 3.38. The van der Waals surface area contributed by atoms with Gasteiger partial charge in [0.05, 0.1) is 0 Å². The molecule has 3 aromatic rings. The Kier molecular flexibility index (Phi) is 5.88. The van der Waals surface area contributed by atoms with Gasteiger partial charge in [-0.3, -0.25) is 4.79 Å². The number of carbonyl (C=O) groups is 1. The van der Waals surface area contributed by atoms with Gasteiger partial charge in [0, 0.05) is 36.1 Å². The average molecular weight is 413 g/mol. The van der Waals surface area contributed by atoms with E-state index in [0.29, 0.717) is 13.0 Å². The van der Waals surface area contributed by atoms with Gasteiger partial charge >= 0.3 is 0 Å². The molecule has 1 unspecified atom stereocenters. The second-order valence-corrected chi connectivity index (χ2v) is 8.02. The number of halogens is 1. The zero-order valence-corrected chi connectivity index (χ0v) is 16.9. The number of hydrogen-bond acceptors (Lipinski definition) is 5. The zero-order valence-electron chi connectivity index (χ0n) is 15.3. The van der Waals surface area contributed by atoms with Gasteiger partial charge in [-0.15, -0.1) is 0 Å². The van der Waals surface area contributed by atoms with Crippen molar-refractivity contribution in [3.8, 4) is 0 Å². The number of nitrogens with zero attached hydrogens (tertiary/aromatic N) is 3. The molecule has 5 nitrogen and oxygen atoms in total. The van der Waals surface area contributed by atoms with Crippen LogP contribution in [0.4, 0.5) is 5.13 Å². The summed E-state index contributed by atoms with van der Waals surface area (Å²) in [5, 5.41) is 4.60. The minimum atomic E-state index is -0.181. The first kappa shape index (κ1) is 18.9. The van der Waals surface area contributed by atoms with Crippen LogP contribution >= 0.6 is 23.1 Å². The Bertz CT molecular complexity index is 929. The van der Waals surface area contributed by atoms with Gasteiger partial charge in [-0.05, 0) is 36.1 Å². The number of benzene rings is 2. The summed E-state index contributed by atoms with van der Waals surface area (Å²) in [6, 6.07) is 17.5. The van der Waals surface area contributed by atoms with Crippen molar-refractivity contribution in [2.75, 3.05) is 11.4 Å². The van der Waals surface area contributed by atoms with E-state index in [-0.39, 0.29) is 11.9 Å². The van der Waals surface area contributed by atoms with Crippen LogP contribution in [0, 0.1) is 0 Å². The minimum absolute atomic E-state index is 0.0517. The van der Waals surface area contributed by atoms with Crippen molar-refractivity contribution in [2.24, 2.45) is 0 Å². The van der Waals surface area contributed by atoms with Crippen molar-refractivity contribution >= 4 is 34.2 Å². The van der Waals surface area contributed by atoms with Crippen LogP contribution in [0.2, 0.25) is 5.02 Å². The maximum atomic E-state index is 12.7. The molecule has 1 atom stereocenters. The fraction of sp³-hybridized carbons (Fsp3) is 0.286. The summed E-state index contributed by atoms with van der Waals surface area (Å²) in [6.07, 6.45) is 2.48. The van der Waals surface area contributed by atoms with Crippen LogP contribution in [-0.2, 0) is 17.8 Å². The number of nitrogens with one attached hydrogen (secondary N) is 1. The van der Waals surface area contributed by atoms with Crippen molar-refractivity contribution < 1.29 is 4.79 Å². The van der Waals surface area contributed by atoms with E-state index < -0.39 is 0 Å². The van der Waals surface area contributed by atoms with E-state index in [1.54, 1.807) is 0 Å². The molecule has 1 N–H and O–H groups in total. The van der Waals surface area contributed by atoms with E-state index in [2.05, 4.69) is 19.6 Å². The molecule has 1 aliphatic heterocycles. The van der Waals surface area contributed by atoms with Crippen molar-refractivity contribution in [3.05, 3.63) is 76.6 Å². The van der Waals surface area contributed by atoms with Crippen LogP contribution < -0.4 is 10.2 Å². The van der Waals surface area contributed by atoms with Crippen LogP contribution in [0.3, 0.4) is 0 Å². The Morgan fingerprint density at radius 3 is 2.71 bits per heavy atom. The summed E-state index contributed by atoms with van der Waals surface area (Å²) < 4.78 is 4.49. The highest BCUT2D eigenvalue weighted by molar-refractivity contribution is 7.09. The maximum absolute atomic E-state index is 12.7. The van der Waals surface area contributed by atoms with E-state index >= 15 is 0 Å². The normalized spacial score (nSPS) is 16.3. The monoisotopic (exact) mass is 412 g/mol. The van der Waals surface area contributed by atoms with Crippen molar-refractivity contribution in [1.29, 1.82) is 0 Å². The molecule has 7 heteroatoms. The van der Waals surface area contributed by atoms with E-state index in [0.717, 1.165) is 46.5 Å². The Labute approximate surface area is 173 Å². The molecule has 1 aliphatic rings. The summed E-state index contributed by atoms with van der Waals surface area (Å²) in [4.78, 5) is 19.5. The third-order valence-corrected chi connectivity index (χ3v) is 5.89. The molecule has 28 heavy (non-hydrogen) atoms. The number of hydrogen-bond donors (Lipinski definition) is 1. The molecule has 0 aliphatic carbocycles. The molecule has 4 rings (SSSR count). The summed E-state index contributed by atoms with van der Waals surface area (Å²) in [5.41, 5.74) is 2.22. The van der Waals surface area contributed by atoms with Crippen LogP contribution in [0.5, 0.6) is 0 Å². The number of amides is 1. The van der Waals surface area contributed by atoms with Gasteiger partial charge in [0.25, 0.3) is 0 Å². The Balaban J connectivity index is 1.39. The molecule has 1 aromatic heterocycles. The molecule has 1 fully saturated rings. The quantitative estimate of drug-likeness (QED) is 0.663. The highest BCUT2D eigenvalue weighted by atomic mass is 35.5. The first-order valence-corrected chi connectivity index (χ1v) is 10.5. The predicted octanol–water partition coefficient (Wildman–Crippen LogP) is 4.07. The molecular weight excluding hydrogens is 392 g/mol. The summed E-state index contributed by atoms with van der Waals surface area (Å²) >= 11 is 7.31. The van der Waals surface area contributed by atoms with Gasteiger partial charge in [0.1, 0.15) is 11.9 Å². The molecule has 0 bridgehead atoms. The van der Waals surface area contributed by atoms with Gasteiger partial charge in [-0.1, -0.05) is 54.1 Å². The SMILES string of the molecule is O=C(NCc1ccccc1)C1CCCN1c1nc(Cc2ccc(Cl)cc2)ns1. The lowest BCUT2D eigenvalue weighted by Gasteiger charge is -2.22. The third-order valence-electron chi connectivity index (χ3n) is 4.84. The number of aromatic nitrogens is 2. The molecule has 1 saturated heterocycles. The number of rotatable bonds is 6. The first-order chi connectivity index (χ1) is 13.7. The van der Waals surface area contributed by atoms with Crippen molar-refractivity contribution in [1.82, 2.24) is 14.7 Å². The van der Waals surface area contributed by atoms with Crippen molar-refractivity contribution in [3.63, 3.8) is 0 Å². The molecule has 2 aromatic carbocycles. The fourth-order valence-electron chi connectivity index (χ4n) is 3.39. The standard InChI is InChI=1S/C21H21ClN4OS/c22-17-10-8-15(9-11-17)13-19-24-21(28-25-19)26-12-4-7-18(26)20(27)23-14-16-5-2-1-3-6-16/h1-3,5-6,8-11,18H,4,7,12-14H2,(H,23,27). The Hall–Kier alpha value is -2.44. The second kappa shape index (κ2) is 8.71. The lowest BCUT2D eigenvalue weighted by molar-refractivity contribution is -0.122. The van der Waals surface area contributed by atoms with Gasteiger partial charge in [-0.25, -0.2) is 4.98 Å². The molecule has 0 spiro atoms. The molecule has 0 radical (unpaired) electrons. The number of carbonyl (C=O) groups excluding carboxylic acids is 1. The van der Waals surface area contributed by atoms with Gasteiger partial charge in [-0.2, -0.15) is 4.37 Å². The molecular formula is C21H21ClN4OS. The molecule has 0 saturated carbocycles. The summed E-state index contributed by atoms with van der Waals surface area (Å²) in [6.45, 7) is 1.38. The van der Waals surface area contributed by atoms with E-state index in [4.69, 9.17) is 11.6 Å². The second-order valence-electron chi connectivity index (χ2n) is 6.85. The topological polar surface area (TPSA) is 58.1 Å². The van der Waals surface area contributed by atoms with E-state index in [1.165, 1.54) is 11.5 Å². The van der Waals surface area contributed by atoms with Gasteiger partial charge in [0.2, 0.25) is 11.0 Å². The van der Waals surface area contributed by atoms with E-state index in [9.17, 15) is 4.79 Å². The highest BCUT2D eigenvalue weighted by Gasteiger charge is 2.32. The lowest BCUT2D eigenvalue weighted by Crippen LogP contribution is -2.43. The van der Waals surface area contributed by atoms with E-state index in [1.807, 2.05) is 54.6 Å². The lowest BCUT2D eigenvalue weighted by atomic mass is 10.1. The Morgan fingerprint density at radius 2 is 1.93 bits per heavy atom. The number of anilines is 1. The highest BCUT2D eigenvalue weighted by Crippen LogP contribution is 2.28. The van der Waals surface area contributed by atoms with Crippen LogP contribution in [0.15, 0.2) is 54.6 Å². The largest absolute Gasteiger partial charge is 0.350 e. The summed E-state index contributed by atoms with van der Waals surface area (Å²) in [5.74, 6) is 0.827. The smallest absolute Gasteiger partial charge is 0.243 e. The first-order valence-electron chi connectivity index (χ1n) is 9.34. The summed E-state index contributed by atoms with van der Waals surface area (Å²) in [7, 11) is 0. The van der Waals surface area contributed by atoms with Crippen LogP contribution in [0.25, 0.3) is 0 Å². The van der Waals surface area contributed by atoms with Gasteiger partial charge in [0.15, 0.2) is 0 Å². The zero-order chi connectivity index (χ0) is 19.3. The van der Waals surface area contributed by atoms with Gasteiger partial charge < -0.3 is 10.2 Å². The maximum Gasteiger partial charge on any atom is 0.243 e. The van der Waals surface area contributed by atoms with Crippen LogP contribution in [-0.4, -0.2) is 27.9 Å². The van der Waals surface area contributed by atoms with Crippen LogP contribution in [0.1, 0.15) is 29.8 Å². The predicted molar refractivity (Wildman–Crippen MR) is 113 cm³/mol. The Morgan fingerprint density at radius 1 is 1.14 bits per heavy atom.